The number of nitrogens with zero attached hydrogens (tertiary/aromatic N) is 3. The Morgan fingerprint density at radius 3 is 2.36 bits per heavy atom. The van der Waals surface area contributed by atoms with Crippen LogP contribution in [0.1, 0.15) is 77.0 Å². The highest BCUT2D eigenvalue weighted by Gasteiger charge is 2.56. The number of rotatable bonds is 13. The van der Waals surface area contributed by atoms with Gasteiger partial charge in [-0.2, -0.15) is 8.42 Å². The monoisotopic (exact) mass is 663 g/mol. The van der Waals surface area contributed by atoms with E-state index < -0.39 is 16.3 Å². The van der Waals surface area contributed by atoms with Gasteiger partial charge in [-0.1, -0.05) is 0 Å². The van der Waals surface area contributed by atoms with Gasteiger partial charge in [-0.05, 0) is 69.6 Å². The zero-order valence-electron chi connectivity index (χ0n) is 25.8. The summed E-state index contributed by atoms with van der Waals surface area (Å²) in [5.74, 6) is -0.000578. The minimum Gasteiger partial charge on any atom is -0.378 e. The number of amides is 2. The molecule has 4 aliphatic heterocycles. The van der Waals surface area contributed by atoms with Crippen molar-refractivity contribution in [2.75, 3.05) is 58.2 Å². The van der Waals surface area contributed by atoms with E-state index in [0.717, 1.165) is 51.9 Å². The predicted molar refractivity (Wildman–Crippen MR) is 165 cm³/mol. The molecule has 5 aliphatic rings. The minimum atomic E-state index is -4.01. The van der Waals surface area contributed by atoms with Crippen molar-refractivity contribution in [3.8, 4) is 0 Å². The number of alkyl halides is 2. The van der Waals surface area contributed by atoms with Crippen molar-refractivity contribution < 1.29 is 31.7 Å². The van der Waals surface area contributed by atoms with Crippen LogP contribution in [0.3, 0.4) is 0 Å². The average molecular weight is 664 g/mol. The highest BCUT2D eigenvalue weighted by atomic mass is 35.5. The van der Waals surface area contributed by atoms with Crippen LogP contribution in [-0.2, 0) is 24.4 Å². The van der Waals surface area contributed by atoms with E-state index in [4.69, 9.17) is 20.9 Å². The largest absolute Gasteiger partial charge is 0.378 e. The van der Waals surface area contributed by atoms with Crippen molar-refractivity contribution in [2.24, 2.45) is 11.8 Å². The number of hydrogen-bond acceptors (Lipinski definition) is 8. The van der Waals surface area contributed by atoms with E-state index >= 15 is 4.39 Å². The number of halogens is 2. The van der Waals surface area contributed by atoms with E-state index in [1.165, 1.54) is 12.8 Å². The van der Waals surface area contributed by atoms with Crippen LogP contribution < -0.4 is 10.6 Å². The molecule has 3 unspecified atom stereocenters. The molecule has 1 aliphatic carbocycles. The Labute approximate surface area is 266 Å². The Balaban J connectivity index is 0.915. The van der Waals surface area contributed by atoms with Crippen LogP contribution in [0.25, 0.3) is 0 Å². The molecule has 11 nitrogen and oxygen atoms in total. The molecule has 4 heterocycles. The van der Waals surface area contributed by atoms with Gasteiger partial charge < -0.3 is 14.5 Å². The first-order chi connectivity index (χ1) is 21.0. The summed E-state index contributed by atoms with van der Waals surface area (Å²) in [6.45, 7) is 6.10. The van der Waals surface area contributed by atoms with Crippen molar-refractivity contribution in [3.63, 3.8) is 0 Å². The maximum absolute atomic E-state index is 15.1. The third kappa shape index (κ3) is 9.04. The molecule has 3 N–H and O–H groups in total. The molecule has 14 heteroatoms. The lowest BCUT2D eigenvalue weighted by Gasteiger charge is -2.62. The summed E-state index contributed by atoms with van der Waals surface area (Å²) >= 11 is 6.16. The summed E-state index contributed by atoms with van der Waals surface area (Å²) < 4.78 is 51.7. The molecular formula is C30H51ClFN5O6S. The quantitative estimate of drug-likeness (QED) is 0.154. The Bertz CT molecular complexity index is 1080. The van der Waals surface area contributed by atoms with Crippen LogP contribution in [0.5, 0.6) is 0 Å². The number of piperidine rings is 1. The van der Waals surface area contributed by atoms with E-state index in [9.17, 15) is 18.0 Å². The highest BCUT2D eigenvalue weighted by Crippen LogP contribution is 2.41. The molecule has 2 amide bonds. The number of unbranched alkanes of at least 4 members (excludes halogenated alkanes) is 1. The van der Waals surface area contributed by atoms with Gasteiger partial charge in [0.05, 0.1) is 22.8 Å². The van der Waals surface area contributed by atoms with E-state index in [1.807, 2.05) is 0 Å². The fourth-order valence-electron chi connectivity index (χ4n) is 7.67. The number of nitrogens with one attached hydrogen (secondary N) is 2. The molecule has 0 aromatic heterocycles. The van der Waals surface area contributed by atoms with Gasteiger partial charge in [0.2, 0.25) is 11.8 Å². The molecule has 1 saturated carbocycles. The second kappa shape index (κ2) is 15.2. The van der Waals surface area contributed by atoms with E-state index in [0.29, 0.717) is 51.4 Å². The zero-order valence-corrected chi connectivity index (χ0v) is 27.4. The molecule has 3 atom stereocenters. The van der Waals surface area contributed by atoms with E-state index in [-0.39, 0.29) is 66.1 Å². The maximum atomic E-state index is 15.1. The van der Waals surface area contributed by atoms with Crippen LogP contribution in [0, 0.1) is 11.8 Å². The third-order valence-electron chi connectivity index (χ3n) is 10.5. The zero-order chi connectivity index (χ0) is 31.3. The molecule has 0 aromatic rings. The predicted octanol–water partition coefficient (Wildman–Crippen LogP) is 2.35. The van der Waals surface area contributed by atoms with Crippen LogP contribution in [0.15, 0.2) is 0 Å². The second-order valence-electron chi connectivity index (χ2n) is 13.7. The van der Waals surface area contributed by atoms with Gasteiger partial charge in [0.1, 0.15) is 12.5 Å². The van der Waals surface area contributed by atoms with Gasteiger partial charge >= 0.3 is 0 Å². The van der Waals surface area contributed by atoms with Crippen LogP contribution >= 0.6 is 11.6 Å². The number of hydrogen-bond donors (Lipinski definition) is 3. The topological polar surface area (TPSA) is 132 Å². The van der Waals surface area contributed by atoms with Crippen LogP contribution in [-0.4, -0.2) is 127 Å². The summed E-state index contributed by atoms with van der Waals surface area (Å²) in [6, 6.07) is 0. The van der Waals surface area contributed by atoms with Crippen molar-refractivity contribution in [2.45, 2.75) is 107 Å². The van der Waals surface area contributed by atoms with Crippen LogP contribution in [0.4, 0.5) is 4.39 Å². The van der Waals surface area contributed by atoms with Gasteiger partial charge in [-0.25, -0.2) is 4.39 Å². The smallest absolute Gasteiger partial charge is 0.264 e. The number of carbonyl (C=O) groups is 2. The fraction of sp³-hybridized carbons (Fsp3) is 0.933. The van der Waals surface area contributed by atoms with Gasteiger partial charge in [-0.15, -0.1) is 11.6 Å². The number of carbonyl (C=O) groups excluding carboxylic acids is 2. The normalized spacial score (nSPS) is 31.5. The van der Waals surface area contributed by atoms with Gasteiger partial charge in [0.25, 0.3) is 10.1 Å². The Kier molecular flexibility index (Phi) is 11.8. The lowest BCUT2D eigenvalue weighted by molar-refractivity contribution is -0.175. The number of ether oxygens (including phenoxy) is 1. The fourth-order valence-corrected chi connectivity index (χ4v) is 8.42. The summed E-state index contributed by atoms with van der Waals surface area (Å²) in [5.41, 5.74) is -0.314. The SMILES string of the molecule is O=C(CC1CCC(OCCCC2CCN(C3NCC(Cl)CN3)CC2)CC1F)N1CC2(CCN2C(=O)CCCCS(=O)(=O)O)C1. The maximum Gasteiger partial charge on any atom is 0.264 e. The lowest BCUT2D eigenvalue weighted by Crippen LogP contribution is -2.78. The Morgan fingerprint density at radius 2 is 1.73 bits per heavy atom. The van der Waals surface area contributed by atoms with Crippen LogP contribution in [0.2, 0.25) is 0 Å². The molecule has 252 valence electrons. The molecule has 5 rings (SSSR count). The first kappa shape index (κ1) is 34.3. The minimum absolute atomic E-state index is 0.0401. The number of likely N-dealkylation sites (tertiary alicyclic amines) is 3. The van der Waals surface area contributed by atoms with Gasteiger partial charge in [0, 0.05) is 71.7 Å². The third-order valence-corrected chi connectivity index (χ3v) is 11.6. The van der Waals surface area contributed by atoms with E-state index in [1.54, 1.807) is 9.80 Å². The molecule has 0 aromatic carbocycles. The average Bonchev–Trinajstić information content (AvgIpc) is 2.94. The van der Waals surface area contributed by atoms with E-state index in [2.05, 4.69) is 15.5 Å². The molecule has 1 spiro atoms. The second-order valence-corrected chi connectivity index (χ2v) is 15.9. The molecule has 5 fully saturated rings. The Hall–Kier alpha value is -1.09. The highest BCUT2D eigenvalue weighted by molar-refractivity contribution is 7.85. The van der Waals surface area contributed by atoms with Crippen molar-refractivity contribution in [1.82, 2.24) is 25.3 Å². The summed E-state index contributed by atoms with van der Waals surface area (Å²) in [4.78, 5) is 31.6. The standard InChI is InChI=1S/C30H51ClFN5O6S/c31-24-18-33-29(34-19-24)35-11-8-22(9-12-35)4-3-14-43-25-7-6-23(26(32)17-25)16-28(39)36-20-30(21-36)10-13-37(30)27(38)5-1-2-15-44(40,41)42/h22-26,29,33-34H,1-21H2,(H,40,41,42). The molecule has 0 bridgehead atoms. The lowest BCUT2D eigenvalue weighted by atomic mass is 9.76. The van der Waals surface area contributed by atoms with Gasteiger partial charge in [-0.3, -0.25) is 29.7 Å². The molecule has 44 heavy (non-hydrogen) atoms. The summed E-state index contributed by atoms with van der Waals surface area (Å²) in [5, 5.41) is 7.10. The molecular weight excluding hydrogens is 613 g/mol. The molecule has 0 radical (unpaired) electrons. The molecule has 4 saturated heterocycles. The summed E-state index contributed by atoms with van der Waals surface area (Å²) in [6.07, 6.45) is 7.29. The Morgan fingerprint density at radius 1 is 1.00 bits per heavy atom. The van der Waals surface area contributed by atoms with Crippen molar-refractivity contribution in [1.29, 1.82) is 0 Å². The first-order valence-corrected chi connectivity index (χ1v) is 18.7. The van der Waals surface area contributed by atoms with Crippen molar-refractivity contribution in [3.05, 3.63) is 0 Å². The summed E-state index contributed by atoms with van der Waals surface area (Å²) in [7, 11) is -4.01. The van der Waals surface area contributed by atoms with Crippen molar-refractivity contribution >= 4 is 33.5 Å². The first-order valence-electron chi connectivity index (χ1n) is 16.7. The van der Waals surface area contributed by atoms with Gasteiger partial charge in [0.15, 0.2) is 0 Å².